The lowest BCUT2D eigenvalue weighted by Crippen LogP contribution is -2.45. The van der Waals surface area contributed by atoms with E-state index in [-0.39, 0.29) is 5.41 Å². The van der Waals surface area contributed by atoms with Crippen LogP contribution in [0.1, 0.15) is 33.3 Å². The first-order valence-corrected chi connectivity index (χ1v) is 6.31. The van der Waals surface area contributed by atoms with Crippen LogP contribution in [0.25, 0.3) is 0 Å². The van der Waals surface area contributed by atoms with Crippen LogP contribution in [-0.2, 0) is 5.41 Å². The van der Waals surface area contributed by atoms with Crippen LogP contribution in [0.3, 0.4) is 0 Å². The van der Waals surface area contributed by atoms with Gasteiger partial charge in [0.05, 0.1) is 0 Å². The highest BCUT2D eigenvalue weighted by molar-refractivity contribution is 5.21. The third-order valence-electron chi connectivity index (χ3n) is 3.33. The third kappa shape index (κ3) is 4.10. The Balaban J connectivity index is 2.61. The first-order valence-electron chi connectivity index (χ1n) is 6.31. The third-order valence-corrected chi connectivity index (χ3v) is 3.33. The molecule has 0 amide bonds. The van der Waals surface area contributed by atoms with Crippen LogP contribution in [0.5, 0.6) is 0 Å². The highest BCUT2D eigenvalue weighted by Gasteiger charge is 2.22. The summed E-state index contributed by atoms with van der Waals surface area (Å²) < 4.78 is 0. The molecule has 1 aromatic rings. The SMILES string of the molecule is CC(C)C(CN)NCC(C)(C)c1ccncc1. The molecule has 0 radical (unpaired) electrons. The second kappa shape index (κ2) is 6.12. The molecule has 0 saturated heterocycles. The molecule has 0 saturated carbocycles. The van der Waals surface area contributed by atoms with Gasteiger partial charge in [-0.05, 0) is 23.6 Å². The Morgan fingerprint density at radius 1 is 1.29 bits per heavy atom. The molecule has 1 atom stereocenters. The van der Waals surface area contributed by atoms with Crippen LogP contribution in [0.15, 0.2) is 24.5 Å². The monoisotopic (exact) mass is 235 g/mol. The van der Waals surface area contributed by atoms with Crippen molar-refractivity contribution >= 4 is 0 Å². The molecule has 0 bridgehead atoms. The van der Waals surface area contributed by atoms with Crippen LogP contribution in [0.4, 0.5) is 0 Å². The van der Waals surface area contributed by atoms with Gasteiger partial charge >= 0.3 is 0 Å². The average molecular weight is 235 g/mol. The second-order valence-electron chi connectivity index (χ2n) is 5.59. The maximum Gasteiger partial charge on any atom is 0.0270 e. The largest absolute Gasteiger partial charge is 0.329 e. The topological polar surface area (TPSA) is 50.9 Å². The maximum absolute atomic E-state index is 5.77. The van der Waals surface area contributed by atoms with Crippen molar-refractivity contribution in [3.8, 4) is 0 Å². The van der Waals surface area contributed by atoms with E-state index in [1.165, 1.54) is 5.56 Å². The lowest BCUT2D eigenvalue weighted by molar-refractivity contribution is 0.360. The molecular weight excluding hydrogens is 210 g/mol. The van der Waals surface area contributed by atoms with Crippen LogP contribution in [0, 0.1) is 5.92 Å². The van der Waals surface area contributed by atoms with Crippen molar-refractivity contribution in [2.45, 2.75) is 39.2 Å². The van der Waals surface area contributed by atoms with E-state index in [4.69, 9.17) is 5.73 Å². The predicted molar refractivity (Wildman–Crippen MR) is 72.9 cm³/mol. The number of rotatable bonds is 6. The Kier molecular flexibility index (Phi) is 5.09. The van der Waals surface area contributed by atoms with Crippen LogP contribution in [-0.4, -0.2) is 24.1 Å². The van der Waals surface area contributed by atoms with Gasteiger partial charge in [-0.1, -0.05) is 27.7 Å². The van der Waals surface area contributed by atoms with Crippen molar-refractivity contribution in [1.29, 1.82) is 0 Å². The maximum atomic E-state index is 5.77. The molecule has 0 aromatic carbocycles. The van der Waals surface area contributed by atoms with E-state index < -0.39 is 0 Å². The molecular formula is C14H25N3. The van der Waals surface area contributed by atoms with Crippen molar-refractivity contribution in [1.82, 2.24) is 10.3 Å². The van der Waals surface area contributed by atoms with Gasteiger partial charge < -0.3 is 11.1 Å². The van der Waals surface area contributed by atoms with Crippen molar-refractivity contribution in [3.05, 3.63) is 30.1 Å². The first-order chi connectivity index (χ1) is 7.97. The number of aromatic nitrogens is 1. The fraction of sp³-hybridized carbons (Fsp3) is 0.643. The van der Waals surface area contributed by atoms with E-state index in [9.17, 15) is 0 Å². The van der Waals surface area contributed by atoms with Crippen LogP contribution >= 0.6 is 0 Å². The molecule has 0 aliphatic rings. The summed E-state index contributed by atoms with van der Waals surface area (Å²) in [5.41, 5.74) is 7.18. The molecule has 0 fully saturated rings. The van der Waals surface area contributed by atoms with E-state index >= 15 is 0 Å². The summed E-state index contributed by atoms with van der Waals surface area (Å²) in [6, 6.07) is 4.54. The Morgan fingerprint density at radius 3 is 2.35 bits per heavy atom. The van der Waals surface area contributed by atoms with Crippen molar-refractivity contribution < 1.29 is 0 Å². The summed E-state index contributed by atoms with van der Waals surface area (Å²) in [4.78, 5) is 4.06. The molecule has 0 spiro atoms. The van der Waals surface area contributed by atoms with Crippen molar-refractivity contribution in [3.63, 3.8) is 0 Å². The summed E-state index contributed by atoms with van der Waals surface area (Å²) in [6.07, 6.45) is 3.69. The summed E-state index contributed by atoms with van der Waals surface area (Å²) in [7, 11) is 0. The Labute approximate surface area is 105 Å². The van der Waals surface area contributed by atoms with Gasteiger partial charge in [0.1, 0.15) is 0 Å². The molecule has 0 aliphatic heterocycles. The predicted octanol–water partition coefficient (Wildman–Crippen LogP) is 1.93. The van der Waals surface area contributed by atoms with E-state index in [1.54, 1.807) is 0 Å². The minimum Gasteiger partial charge on any atom is -0.329 e. The minimum absolute atomic E-state index is 0.102. The number of nitrogens with zero attached hydrogens (tertiary/aromatic N) is 1. The second-order valence-corrected chi connectivity index (χ2v) is 5.59. The molecule has 17 heavy (non-hydrogen) atoms. The normalized spacial score (nSPS) is 14.0. The molecule has 96 valence electrons. The van der Waals surface area contributed by atoms with Crippen molar-refractivity contribution in [2.75, 3.05) is 13.1 Å². The highest BCUT2D eigenvalue weighted by atomic mass is 14.9. The van der Waals surface area contributed by atoms with Gasteiger partial charge in [0.25, 0.3) is 0 Å². The Bertz CT molecular complexity index is 319. The smallest absolute Gasteiger partial charge is 0.0270 e. The average Bonchev–Trinajstić information content (AvgIpc) is 2.30. The van der Waals surface area contributed by atoms with E-state index in [0.717, 1.165) is 6.54 Å². The highest BCUT2D eigenvalue weighted by Crippen LogP contribution is 2.21. The first kappa shape index (κ1) is 14.1. The molecule has 0 aliphatic carbocycles. The summed E-state index contributed by atoms with van der Waals surface area (Å²) in [6.45, 7) is 10.5. The molecule has 3 nitrogen and oxygen atoms in total. The van der Waals surface area contributed by atoms with E-state index in [1.807, 2.05) is 12.4 Å². The van der Waals surface area contributed by atoms with E-state index in [0.29, 0.717) is 18.5 Å². The summed E-state index contributed by atoms with van der Waals surface area (Å²) in [5.74, 6) is 0.563. The van der Waals surface area contributed by atoms with Crippen LogP contribution < -0.4 is 11.1 Å². The zero-order chi connectivity index (χ0) is 12.9. The Hall–Kier alpha value is -0.930. The lowest BCUT2D eigenvalue weighted by atomic mass is 9.84. The van der Waals surface area contributed by atoms with Gasteiger partial charge in [-0.25, -0.2) is 0 Å². The number of nitrogens with one attached hydrogen (secondary N) is 1. The fourth-order valence-electron chi connectivity index (χ4n) is 1.88. The standard InChI is InChI=1S/C14H25N3/c1-11(2)13(9-15)17-10-14(3,4)12-5-7-16-8-6-12/h5-8,11,13,17H,9-10,15H2,1-4H3. The molecule has 1 heterocycles. The number of pyridine rings is 1. The Morgan fingerprint density at radius 2 is 1.88 bits per heavy atom. The molecule has 1 unspecified atom stereocenters. The number of nitrogens with two attached hydrogens (primary N) is 1. The quantitative estimate of drug-likeness (QED) is 0.792. The van der Waals surface area contributed by atoms with Crippen molar-refractivity contribution in [2.24, 2.45) is 11.7 Å². The number of hydrogen-bond acceptors (Lipinski definition) is 3. The zero-order valence-electron chi connectivity index (χ0n) is 11.4. The van der Waals surface area contributed by atoms with Gasteiger partial charge in [-0.2, -0.15) is 0 Å². The molecule has 1 aromatic heterocycles. The molecule has 3 N–H and O–H groups in total. The van der Waals surface area contributed by atoms with E-state index in [2.05, 4.69) is 50.1 Å². The van der Waals surface area contributed by atoms with Gasteiger partial charge in [-0.15, -0.1) is 0 Å². The van der Waals surface area contributed by atoms with Gasteiger partial charge in [0, 0.05) is 36.9 Å². The summed E-state index contributed by atoms with van der Waals surface area (Å²) >= 11 is 0. The lowest BCUT2D eigenvalue weighted by Gasteiger charge is -2.30. The minimum atomic E-state index is 0.102. The molecule has 3 heteroatoms. The summed E-state index contributed by atoms with van der Waals surface area (Å²) in [5, 5.41) is 3.56. The van der Waals surface area contributed by atoms with Crippen LogP contribution in [0.2, 0.25) is 0 Å². The zero-order valence-corrected chi connectivity index (χ0v) is 11.4. The number of hydrogen-bond donors (Lipinski definition) is 2. The molecule has 1 rings (SSSR count). The van der Waals surface area contributed by atoms with Gasteiger partial charge in [0.2, 0.25) is 0 Å². The fourth-order valence-corrected chi connectivity index (χ4v) is 1.88. The van der Waals surface area contributed by atoms with Gasteiger partial charge in [-0.3, -0.25) is 4.98 Å². The van der Waals surface area contributed by atoms with Gasteiger partial charge in [0.15, 0.2) is 0 Å².